The molecule has 0 aliphatic heterocycles. The molecule has 7 heteroatoms. The van der Waals surface area contributed by atoms with Gasteiger partial charge >= 0.3 is 0 Å². The Kier molecular flexibility index (Phi) is 6.62. The molecule has 1 rings (SSSR count). The van der Waals surface area contributed by atoms with Gasteiger partial charge in [0.15, 0.2) is 0 Å². The third-order valence-corrected chi connectivity index (χ3v) is 6.38. The average molecular weight is 361 g/mol. The van der Waals surface area contributed by atoms with Gasteiger partial charge in [0.05, 0.1) is 5.02 Å². The van der Waals surface area contributed by atoms with Crippen LogP contribution in [-0.4, -0.2) is 37.3 Å². The molecule has 0 saturated carbocycles. The van der Waals surface area contributed by atoms with Crippen LogP contribution in [-0.2, 0) is 10.0 Å². The van der Waals surface area contributed by atoms with E-state index < -0.39 is 10.0 Å². The van der Waals surface area contributed by atoms with Crippen molar-refractivity contribution in [3.8, 4) is 0 Å². The van der Waals surface area contributed by atoms with Gasteiger partial charge in [0.2, 0.25) is 10.0 Å². The van der Waals surface area contributed by atoms with Gasteiger partial charge in [-0.3, -0.25) is 4.79 Å². The van der Waals surface area contributed by atoms with Crippen molar-refractivity contribution in [1.82, 2.24) is 9.62 Å². The topological polar surface area (TPSA) is 66.5 Å². The van der Waals surface area contributed by atoms with E-state index in [9.17, 15) is 13.2 Å². The number of hydrogen-bond donors (Lipinski definition) is 1. The lowest BCUT2D eigenvalue weighted by Crippen LogP contribution is -2.42. The summed E-state index contributed by atoms with van der Waals surface area (Å²) in [5, 5.41) is 3.00. The second-order valence-electron chi connectivity index (χ2n) is 5.93. The summed E-state index contributed by atoms with van der Waals surface area (Å²) < 4.78 is 26.6. The van der Waals surface area contributed by atoms with E-state index >= 15 is 0 Å². The lowest BCUT2D eigenvalue weighted by molar-refractivity contribution is 0.0911. The maximum absolute atomic E-state index is 12.6. The number of halogens is 1. The van der Waals surface area contributed by atoms with Crippen LogP contribution < -0.4 is 5.32 Å². The second-order valence-corrected chi connectivity index (χ2v) is 8.24. The van der Waals surface area contributed by atoms with Crippen LogP contribution >= 0.6 is 11.6 Å². The van der Waals surface area contributed by atoms with Crippen molar-refractivity contribution in [2.24, 2.45) is 0 Å². The summed E-state index contributed by atoms with van der Waals surface area (Å²) in [7, 11) is -3.72. The fourth-order valence-corrected chi connectivity index (χ4v) is 3.97. The third-order valence-electron chi connectivity index (χ3n) is 3.85. The Labute approximate surface area is 144 Å². The van der Waals surface area contributed by atoms with Crippen molar-refractivity contribution < 1.29 is 13.2 Å². The molecule has 0 unspecified atom stereocenters. The largest absolute Gasteiger partial charge is 0.347 e. The third kappa shape index (κ3) is 4.68. The molecule has 0 heterocycles. The standard InChI is InChI=1S/C16H25ClN2O3S/c1-6-16(4,5)18-15(20)12-9-10-13(17)14(11-12)23(21,22)19(7-2)8-3/h9-11H,6-8H2,1-5H3,(H,18,20). The van der Waals surface area contributed by atoms with Gasteiger partial charge in [0.25, 0.3) is 5.91 Å². The lowest BCUT2D eigenvalue weighted by Gasteiger charge is -2.25. The van der Waals surface area contributed by atoms with Crippen LogP contribution in [0.2, 0.25) is 5.02 Å². The minimum absolute atomic E-state index is 0.0372. The SMILES string of the molecule is CCN(CC)S(=O)(=O)c1cc(C(=O)NC(C)(C)CC)ccc1Cl. The Morgan fingerprint density at radius 2 is 1.78 bits per heavy atom. The summed E-state index contributed by atoms with van der Waals surface area (Å²) in [6.07, 6.45) is 0.761. The van der Waals surface area contributed by atoms with E-state index in [0.29, 0.717) is 13.1 Å². The molecule has 0 saturated heterocycles. The van der Waals surface area contributed by atoms with Crippen LogP contribution in [0.25, 0.3) is 0 Å². The Balaban J connectivity index is 3.26. The highest BCUT2D eigenvalue weighted by Gasteiger charge is 2.26. The average Bonchev–Trinajstić information content (AvgIpc) is 2.47. The number of rotatable bonds is 7. The fraction of sp³-hybridized carbons (Fsp3) is 0.562. The number of nitrogens with zero attached hydrogens (tertiary/aromatic N) is 1. The van der Waals surface area contributed by atoms with Crippen molar-refractivity contribution in [3.63, 3.8) is 0 Å². The number of nitrogens with one attached hydrogen (secondary N) is 1. The van der Waals surface area contributed by atoms with Crippen LogP contribution in [0.4, 0.5) is 0 Å². The molecular weight excluding hydrogens is 336 g/mol. The molecule has 0 spiro atoms. The summed E-state index contributed by atoms with van der Waals surface area (Å²) in [4.78, 5) is 12.3. The van der Waals surface area contributed by atoms with E-state index in [0.717, 1.165) is 6.42 Å². The van der Waals surface area contributed by atoms with E-state index in [1.165, 1.54) is 22.5 Å². The van der Waals surface area contributed by atoms with E-state index in [1.54, 1.807) is 13.8 Å². The summed E-state index contributed by atoms with van der Waals surface area (Å²) in [5.74, 6) is -0.315. The highest BCUT2D eigenvalue weighted by atomic mass is 35.5. The van der Waals surface area contributed by atoms with Gasteiger partial charge in [-0.15, -0.1) is 0 Å². The summed E-state index contributed by atoms with van der Waals surface area (Å²) in [6, 6.07) is 4.33. The van der Waals surface area contributed by atoms with Crippen molar-refractivity contribution in [1.29, 1.82) is 0 Å². The molecule has 0 bridgehead atoms. The first kappa shape index (κ1) is 19.9. The Morgan fingerprint density at radius 3 is 2.26 bits per heavy atom. The highest BCUT2D eigenvalue weighted by Crippen LogP contribution is 2.26. The maximum Gasteiger partial charge on any atom is 0.251 e. The summed E-state index contributed by atoms with van der Waals surface area (Å²) in [5.41, 5.74) is -0.0871. The predicted molar refractivity (Wildman–Crippen MR) is 93.4 cm³/mol. The quantitative estimate of drug-likeness (QED) is 0.811. The molecule has 23 heavy (non-hydrogen) atoms. The molecule has 1 amide bonds. The highest BCUT2D eigenvalue weighted by molar-refractivity contribution is 7.89. The zero-order valence-corrected chi connectivity index (χ0v) is 15.9. The predicted octanol–water partition coefficient (Wildman–Crippen LogP) is 3.29. The molecule has 1 N–H and O–H groups in total. The van der Waals surface area contributed by atoms with Crippen molar-refractivity contribution in [2.45, 2.75) is 51.5 Å². The Bertz CT molecular complexity index is 668. The summed E-state index contributed by atoms with van der Waals surface area (Å²) >= 11 is 6.07. The normalized spacial score (nSPS) is 12.5. The van der Waals surface area contributed by atoms with Crippen molar-refractivity contribution in [3.05, 3.63) is 28.8 Å². The van der Waals surface area contributed by atoms with Crippen molar-refractivity contribution >= 4 is 27.5 Å². The number of sulfonamides is 1. The maximum atomic E-state index is 12.6. The zero-order chi connectivity index (χ0) is 17.8. The molecule has 0 radical (unpaired) electrons. The number of carbonyl (C=O) groups is 1. The van der Waals surface area contributed by atoms with Gasteiger partial charge in [0.1, 0.15) is 4.90 Å². The van der Waals surface area contributed by atoms with Gasteiger partial charge in [-0.1, -0.05) is 32.4 Å². The van der Waals surface area contributed by atoms with Gasteiger partial charge in [-0.05, 0) is 38.5 Å². The van der Waals surface area contributed by atoms with Gasteiger partial charge in [0, 0.05) is 24.2 Å². The molecule has 0 atom stereocenters. The van der Waals surface area contributed by atoms with Crippen LogP contribution in [0.5, 0.6) is 0 Å². The molecular formula is C16H25ClN2O3S. The Morgan fingerprint density at radius 1 is 1.22 bits per heavy atom. The number of hydrogen-bond acceptors (Lipinski definition) is 3. The first-order valence-corrected chi connectivity index (χ1v) is 9.53. The molecule has 130 valence electrons. The summed E-state index contributed by atoms with van der Waals surface area (Å²) in [6.45, 7) is 9.99. The van der Waals surface area contributed by atoms with E-state index in [-0.39, 0.29) is 26.9 Å². The molecule has 0 fully saturated rings. The van der Waals surface area contributed by atoms with E-state index in [2.05, 4.69) is 5.32 Å². The van der Waals surface area contributed by atoms with Crippen LogP contribution in [0, 0.1) is 0 Å². The molecule has 0 aliphatic carbocycles. The minimum atomic E-state index is -3.72. The lowest BCUT2D eigenvalue weighted by atomic mass is 10.0. The number of carbonyl (C=O) groups excluding carboxylic acids is 1. The molecule has 1 aromatic rings. The zero-order valence-electron chi connectivity index (χ0n) is 14.3. The molecule has 0 aliphatic rings. The number of benzene rings is 1. The first-order chi connectivity index (χ1) is 10.6. The van der Waals surface area contributed by atoms with Crippen LogP contribution in [0.1, 0.15) is 51.4 Å². The minimum Gasteiger partial charge on any atom is -0.347 e. The van der Waals surface area contributed by atoms with Crippen molar-refractivity contribution in [2.75, 3.05) is 13.1 Å². The monoisotopic (exact) mass is 360 g/mol. The Hall–Kier alpha value is -1.11. The molecule has 1 aromatic carbocycles. The fourth-order valence-electron chi connectivity index (χ4n) is 2.01. The van der Waals surface area contributed by atoms with Crippen LogP contribution in [0.15, 0.2) is 23.1 Å². The van der Waals surface area contributed by atoms with E-state index in [4.69, 9.17) is 11.6 Å². The smallest absolute Gasteiger partial charge is 0.251 e. The van der Waals surface area contributed by atoms with Gasteiger partial charge in [-0.25, -0.2) is 8.42 Å². The molecule has 0 aromatic heterocycles. The van der Waals surface area contributed by atoms with Gasteiger partial charge < -0.3 is 5.32 Å². The van der Waals surface area contributed by atoms with E-state index in [1.807, 2.05) is 20.8 Å². The number of amides is 1. The van der Waals surface area contributed by atoms with Gasteiger partial charge in [-0.2, -0.15) is 4.31 Å². The van der Waals surface area contributed by atoms with Crippen LogP contribution in [0.3, 0.4) is 0 Å². The first-order valence-electron chi connectivity index (χ1n) is 7.71. The second kappa shape index (κ2) is 7.64. The molecule has 5 nitrogen and oxygen atoms in total.